The van der Waals surface area contributed by atoms with Crippen LogP contribution in [0.25, 0.3) is 0 Å². The highest BCUT2D eigenvalue weighted by Crippen LogP contribution is 2.28. The first-order valence-electron chi connectivity index (χ1n) is 9.72. The Hall–Kier alpha value is -2.65. The van der Waals surface area contributed by atoms with Crippen LogP contribution in [0.5, 0.6) is 5.75 Å². The molecule has 0 spiro atoms. The van der Waals surface area contributed by atoms with Gasteiger partial charge in [0.05, 0.1) is 13.7 Å². The monoisotopic (exact) mass is 423 g/mol. The van der Waals surface area contributed by atoms with Crippen molar-refractivity contribution in [2.24, 2.45) is 11.3 Å². The van der Waals surface area contributed by atoms with Crippen molar-refractivity contribution in [2.45, 2.75) is 39.2 Å². The Labute approximate surface area is 177 Å². The van der Waals surface area contributed by atoms with Gasteiger partial charge in [0, 0.05) is 32.9 Å². The van der Waals surface area contributed by atoms with E-state index in [0.29, 0.717) is 18.8 Å². The fourth-order valence-electron chi connectivity index (χ4n) is 3.31. The third-order valence-corrected chi connectivity index (χ3v) is 4.74. The van der Waals surface area contributed by atoms with E-state index in [4.69, 9.17) is 14.7 Å². The van der Waals surface area contributed by atoms with Crippen LogP contribution in [-0.4, -0.2) is 56.8 Å². The average molecular weight is 424 g/mol. The molecule has 0 saturated heterocycles. The molecule has 1 rings (SSSR count). The van der Waals surface area contributed by atoms with Gasteiger partial charge in [-0.3, -0.25) is 19.6 Å². The SMILES string of the molecule is CNC(=O)[C@H](Cc1ccc(OC)cc1)NC(=O)[C@@H](CC(=O)NO)CC(C)(C)COC. The Morgan fingerprint density at radius 3 is 2.23 bits per heavy atom. The van der Waals surface area contributed by atoms with E-state index in [1.807, 2.05) is 26.0 Å². The van der Waals surface area contributed by atoms with Crippen LogP contribution in [0.4, 0.5) is 0 Å². The number of hydrogen-bond acceptors (Lipinski definition) is 6. The largest absolute Gasteiger partial charge is 0.497 e. The molecule has 0 saturated carbocycles. The molecule has 9 nitrogen and oxygen atoms in total. The van der Waals surface area contributed by atoms with Crippen LogP contribution in [0.2, 0.25) is 0 Å². The molecular weight excluding hydrogens is 390 g/mol. The number of carbonyl (C=O) groups excluding carboxylic acids is 3. The van der Waals surface area contributed by atoms with Crippen LogP contribution in [-0.2, 0) is 25.5 Å². The number of hydroxylamine groups is 1. The van der Waals surface area contributed by atoms with E-state index in [-0.39, 0.29) is 24.2 Å². The maximum Gasteiger partial charge on any atom is 0.244 e. The van der Waals surface area contributed by atoms with Gasteiger partial charge in [-0.2, -0.15) is 0 Å². The van der Waals surface area contributed by atoms with Gasteiger partial charge in [-0.05, 0) is 29.5 Å². The number of benzene rings is 1. The zero-order valence-corrected chi connectivity index (χ0v) is 18.3. The fourth-order valence-corrected chi connectivity index (χ4v) is 3.31. The van der Waals surface area contributed by atoms with Gasteiger partial charge in [0.25, 0.3) is 0 Å². The highest BCUT2D eigenvalue weighted by molar-refractivity contribution is 5.90. The molecule has 3 amide bonds. The molecule has 0 aromatic heterocycles. The minimum Gasteiger partial charge on any atom is -0.497 e. The van der Waals surface area contributed by atoms with Gasteiger partial charge < -0.3 is 20.1 Å². The van der Waals surface area contributed by atoms with E-state index in [1.54, 1.807) is 31.8 Å². The second-order valence-electron chi connectivity index (χ2n) is 7.97. The highest BCUT2D eigenvalue weighted by atomic mass is 16.5. The van der Waals surface area contributed by atoms with Crippen molar-refractivity contribution >= 4 is 17.7 Å². The van der Waals surface area contributed by atoms with Crippen LogP contribution in [0, 0.1) is 11.3 Å². The Morgan fingerprint density at radius 1 is 1.10 bits per heavy atom. The number of likely N-dealkylation sites (N-methyl/N-ethyl adjacent to an activating group) is 1. The van der Waals surface area contributed by atoms with Gasteiger partial charge >= 0.3 is 0 Å². The number of nitrogens with one attached hydrogen (secondary N) is 3. The molecule has 0 aliphatic carbocycles. The maximum absolute atomic E-state index is 13.0. The fraction of sp³-hybridized carbons (Fsp3) is 0.571. The summed E-state index contributed by atoms with van der Waals surface area (Å²) in [5.41, 5.74) is 2.02. The van der Waals surface area contributed by atoms with Crippen molar-refractivity contribution in [1.29, 1.82) is 0 Å². The lowest BCUT2D eigenvalue weighted by Crippen LogP contribution is -2.49. The minimum atomic E-state index is -0.818. The predicted octanol–water partition coefficient (Wildman–Crippen LogP) is 1.04. The number of amides is 3. The summed E-state index contributed by atoms with van der Waals surface area (Å²) in [4.78, 5) is 37.1. The molecule has 4 N–H and O–H groups in total. The van der Waals surface area contributed by atoms with Gasteiger partial charge in [-0.15, -0.1) is 0 Å². The normalized spacial score (nSPS) is 13.1. The maximum atomic E-state index is 13.0. The van der Waals surface area contributed by atoms with E-state index in [9.17, 15) is 14.4 Å². The lowest BCUT2D eigenvalue weighted by molar-refractivity contribution is -0.137. The molecule has 1 aromatic carbocycles. The summed E-state index contributed by atoms with van der Waals surface area (Å²) in [5.74, 6) is -1.51. The topological polar surface area (TPSA) is 126 Å². The molecule has 0 aliphatic heterocycles. The van der Waals surface area contributed by atoms with Gasteiger partial charge in [-0.25, -0.2) is 5.48 Å². The minimum absolute atomic E-state index is 0.210. The Balaban J connectivity index is 2.99. The van der Waals surface area contributed by atoms with E-state index in [0.717, 1.165) is 5.56 Å². The molecule has 0 heterocycles. The van der Waals surface area contributed by atoms with E-state index in [2.05, 4.69) is 10.6 Å². The molecule has 0 bridgehead atoms. The number of rotatable bonds is 12. The van der Waals surface area contributed by atoms with Crippen molar-refractivity contribution in [2.75, 3.05) is 27.9 Å². The van der Waals surface area contributed by atoms with Gasteiger partial charge in [0.1, 0.15) is 11.8 Å². The van der Waals surface area contributed by atoms with Crippen LogP contribution < -0.4 is 20.9 Å². The third kappa shape index (κ3) is 8.38. The second-order valence-corrected chi connectivity index (χ2v) is 7.97. The first-order valence-corrected chi connectivity index (χ1v) is 9.72. The smallest absolute Gasteiger partial charge is 0.244 e. The lowest BCUT2D eigenvalue weighted by atomic mass is 9.81. The van der Waals surface area contributed by atoms with Crippen molar-refractivity contribution in [3.63, 3.8) is 0 Å². The quantitative estimate of drug-likeness (QED) is 0.294. The van der Waals surface area contributed by atoms with Crippen molar-refractivity contribution < 1.29 is 29.1 Å². The molecule has 30 heavy (non-hydrogen) atoms. The molecule has 0 radical (unpaired) electrons. The van der Waals surface area contributed by atoms with Crippen molar-refractivity contribution in [3.05, 3.63) is 29.8 Å². The van der Waals surface area contributed by atoms with Gasteiger partial charge in [0.2, 0.25) is 17.7 Å². The second kappa shape index (κ2) is 12.1. The van der Waals surface area contributed by atoms with Crippen LogP contribution in [0.3, 0.4) is 0 Å². The number of carbonyl (C=O) groups is 3. The van der Waals surface area contributed by atoms with E-state index in [1.165, 1.54) is 7.05 Å². The summed E-state index contributed by atoms with van der Waals surface area (Å²) in [6.45, 7) is 4.23. The summed E-state index contributed by atoms with van der Waals surface area (Å²) in [7, 11) is 4.62. The van der Waals surface area contributed by atoms with Crippen molar-refractivity contribution in [3.8, 4) is 5.75 Å². The van der Waals surface area contributed by atoms with E-state index >= 15 is 0 Å². The molecule has 168 valence electrons. The molecule has 0 fully saturated rings. The molecule has 1 aromatic rings. The summed E-state index contributed by atoms with van der Waals surface area (Å²) < 4.78 is 10.3. The standard InChI is InChI=1S/C21H33N3O6/c1-21(2,13-29-4)12-15(11-18(25)24-28)19(26)23-17(20(27)22-3)10-14-6-8-16(30-5)9-7-14/h6-9,15,17,28H,10-13H2,1-5H3,(H,22,27)(H,23,26)(H,24,25)/t15-,17-/m0/s1. The Morgan fingerprint density at radius 2 is 1.73 bits per heavy atom. The highest BCUT2D eigenvalue weighted by Gasteiger charge is 2.32. The summed E-state index contributed by atoms with van der Waals surface area (Å²) >= 11 is 0. The predicted molar refractivity (Wildman–Crippen MR) is 111 cm³/mol. The summed E-state index contributed by atoms with van der Waals surface area (Å²) in [5, 5.41) is 14.2. The lowest BCUT2D eigenvalue weighted by Gasteiger charge is -2.29. The summed E-state index contributed by atoms with van der Waals surface area (Å²) in [6, 6.07) is 6.37. The van der Waals surface area contributed by atoms with Gasteiger partial charge in [-0.1, -0.05) is 26.0 Å². The molecular formula is C21H33N3O6. The Bertz CT molecular complexity index is 705. The molecule has 0 unspecified atom stereocenters. The van der Waals surface area contributed by atoms with E-state index < -0.39 is 23.8 Å². The Kier molecular flexibility index (Phi) is 10.3. The van der Waals surface area contributed by atoms with Crippen LogP contribution >= 0.6 is 0 Å². The van der Waals surface area contributed by atoms with Crippen LogP contribution in [0.15, 0.2) is 24.3 Å². The molecule has 9 heteroatoms. The molecule has 0 aliphatic rings. The number of ether oxygens (including phenoxy) is 2. The van der Waals surface area contributed by atoms with Gasteiger partial charge in [0.15, 0.2) is 0 Å². The molecule has 2 atom stereocenters. The first-order chi connectivity index (χ1) is 14.1. The third-order valence-electron chi connectivity index (χ3n) is 4.74. The van der Waals surface area contributed by atoms with Crippen LogP contribution in [0.1, 0.15) is 32.3 Å². The first kappa shape index (κ1) is 25.4. The average Bonchev–Trinajstić information content (AvgIpc) is 2.72. The number of hydrogen-bond donors (Lipinski definition) is 4. The zero-order valence-electron chi connectivity index (χ0n) is 18.3. The van der Waals surface area contributed by atoms with Crippen molar-refractivity contribution in [1.82, 2.24) is 16.1 Å². The number of methoxy groups -OCH3 is 2. The summed E-state index contributed by atoms with van der Waals surface area (Å²) in [6.07, 6.45) is 0.400. The zero-order chi connectivity index (χ0) is 22.7.